The number of aromatic nitrogens is 3. The van der Waals surface area contributed by atoms with Crippen LogP contribution in [0.1, 0.15) is 19.4 Å². The normalized spacial score (nSPS) is 12.8. The molecule has 0 saturated carbocycles. The highest BCUT2D eigenvalue weighted by molar-refractivity contribution is 5.71. The molecule has 1 unspecified atom stereocenters. The van der Waals surface area contributed by atoms with Crippen LogP contribution >= 0.6 is 0 Å². The van der Waals surface area contributed by atoms with Crippen LogP contribution in [0, 0.1) is 0 Å². The van der Waals surface area contributed by atoms with Gasteiger partial charge >= 0.3 is 5.97 Å². The summed E-state index contributed by atoms with van der Waals surface area (Å²) in [5, 5.41) is 12.8. The fourth-order valence-electron chi connectivity index (χ4n) is 1.63. The van der Waals surface area contributed by atoms with E-state index in [1.807, 2.05) is 0 Å². The molecule has 2 aromatic heterocycles. The van der Waals surface area contributed by atoms with Crippen molar-refractivity contribution < 1.29 is 9.90 Å². The van der Waals surface area contributed by atoms with E-state index in [9.17, 15) is 9.59 Å². The van der Waals surface area contributed by atoms with Crippen molar-refractivity contribution in [3.8, 4) is 0 Å². The number of carbonyl (C=O) groups is 1. The number of rotatable bonds is 3. The molecular weight excluding hydrogens is 210 g/mol. The summed E-state index contributed by atoms with van der Waals surface area (Å²) in [5.41, 5.74) is 0.0384. The Morgan fingerprint density at radius 3 is 3.00 bits per heavy atom. The third-order valence-electron chi connectivity index (χ3n) is 2.47. The Morgan fingerprint density at radius 2 is 2.38 bits per heavy atom. The van der Waals surface area contributed by atoms with Crippen molar-refractivity contribution in [2.75, 3.05) is 0 Å². The number of hydrogen-bond donors (Lipinski definition) is 1. The second kappa shape index (κ2) is 3.80. The molecular formula is C10H11N3O3. The van der Waals surface area contributed by atoms with E-state index in [0.29, 0.717) is 11.9 Å². The molecule has 84 valence electrons. The lowest BCUT2D eigenvalue weighted by Gasteiger charge is -2.11. The van der Waals surface area contributed by atoms with Gasteiger partial charge in [-0.15, -0.1) is 0 Å². The van der Waals surface area contributed by atoms with Gasteiger partial charge in [-0.25, -0.2) is 9.48 Å². The second-order valence-corrected chi connectivity index (χ2v) is 3.44. The molecule has 0 aliphatic carbocycles. The SMILES string of the molecule is CCC(C(=O)O)n1ncn2cccc2c1=O. The Morgan fingerprint density at radius 1 is 1.62 bits per heavy atom. The predicted molar refractivity (Wildman–Crippen MR) is 56.4 cm³/mol. The Labute approximate surface area is 90.7 Å². The van der Waals surface area contributed by atoms with Gasteiger partial charge in [0, 0.05) is 6.20 Å². The van der Waals surface area contributed by atoms with Gasteiger partial charge in [-0.1, -0.05) is 6.92 Å². The smallest absolute Gasteiger partial charge is 0.328 e. The van der Waals surface area contributed by atoms with Crippen molar-refractivity contribution in [2.45, 2.75) is 19.4 Å². The van der Waals surface area contributed by atoms with Crippen molar-refractivity contribution >= 4 is 11.5 Å². The van der Waals surface area contributed by atoms with E-state index >= 15 is 0 Å². The topological polar surface area (TPSA) is 76.6 Å². The Kier molecular flexibility index (Phi) is 2.47. The summed E-state index contributed by atoms with van der Waals surface area (Å²) in [6, 6.07) is 2.44. The minimum Gasteiger partial charge on any atom is -0.480 e. The molecule has 0 bridgehead atoms. The van der Waals surface area contributed by atoms with Crippen LogP contribution in [0.4, 0.5) is 0 Å². The average molecular weight is 221 g/mol. The summed E-state index contributed by atoms with van der Waals surface area (Å²) < 4.78 is 2.57. The first kappa shape index (κ1) is 10.4. The van der Waals surface area contributed by atoms with E-state index in [1.165, 1.54) is 6.33 Å². The first-order valence-electron chi connectivity index (χ1n) is 4.92. The quantitative estimate of drug-likeness (QED) is 0.820. The number of nitrogens with zero attached hydrogens (tertiary/aromatic N) is 3. The van der Waals surface area contributed by atoms with E-state index in [1.54, 1.807) is 29.7 Å². The van der Waals surface area contributed by atoms with Crippen LogP contribution in [0.2, 0.25) is 0 Å². The molecule has 6 nitrogen and oxygen atoms in total. The van der Waals surface area contributed by atoms with Crippen molar-refractivity contribution in [3.05, 3.63) is 35.0 Å². The van der Waals surface area contributed by atoms with Crippen LogP contribution in [-0.4, -0.2) is 25.3 Å². The van der Waals surface area contributed by atoms with Crippen LogP contribution in [0.5, 0.6) is 0 Å². The molecule has 0 aliphatic heterocycles. The molecule has 16 heavy (non-hydrogen) atoms. The molecule has 0 spiro atoms. The molecule has 6 heteroatoms. The molecule has 0 aromatic carbocycles. The maximum absolute atomic E-state index is 11.9. The highest BCUT2D eigenvalue weighted by Gasteiger charge is 2.20. The van der Waals surface area contributed by atoms with Gasteiger partial charge in [0.15, 0.2) is 6.04 Å². The van der Waals surface area contributed by atoms with Gasteiger partial charge in [-0.05, 0) is 18.6 Å². The highest BCUT2D eigenvalue weighted by atomic mass is 16.4. The molecule has 2 rings (SSSR count). The first-order valence-corrected chi connectivity index (χ1v) is 4.92. The van der Waals surface area contributed by atoms with Gasteiger partial charge in [-0.2, -0.15) is 5.10 Å². The maximum atomic E-state index is 11.9. The average Bonchev–Trinajstić information content (AvgIpc) is 2.70. The molecule has 2 aromatic rings. The molecule has 0 radical (unpaired) electrons. The van der Waals surface area contributed by atoms with Crippen molar-refractivity contribution in [1.29, 1.82) is 0 Å². The van der Waals surface area contributed by atoms with Gasteiger partial charge in [0.1, 0.15) is 11.8 Å². The molecule has 0 aliphatic rings. The fourth-order valence-corrected chi connectivity index (χ4v) is 1.63. The predicted octanol–water partition coefficient (Wildman–Crippen LogP) is 0.532. The third kappa shape index (κ3) is 1.48. The monoisotopic (exact) mass is 221 g/mol. The molecule has 2 heterocycles. The van der Waals surface area contributed by atoms with Gasteiger partial charge in [0.2, 0.25) is 0 Å². The highest BCUT2D eigenvalue weighted by Crippen LogP contribution is 2.07. The summed E-state index contributed by atoms with van der Waals surface area (Å²) in [4.78, 5) is 22.9. The zero-order valence-electron chi connectivity index (χ0n) is 8.70. The van der Waals surface area contributed by atoms with E-state index < -0.39 is 12.0 Å². The van der Waals surface area contributed by atoms with Crippen LogP contribution in [-0.2, 0) is 4.79 Å². The zero-order chi connectivity index (χ0) is 11.7. The van der Waals surface area contributed by atoms with Gasteiger partial charge in [0.05, 0.1) is 0 Å². The molecule has 1 N–H and O–H groups in total. The summed E-state index contributed by atoms with van der Waals surface area (Å²) >= 11 is 0. The fraction of sp³-hybridized carbons (Fsp3) is 0.300. The summed E-state index contributed by atoms with van der Waals surface area (Å²) in [6.45, 7) is 1.70. The summed E-state index contributed by atoms with van der Waals surface area (Å²) in [6.07, 6.45) is 3.44. The van der Waals surface area contributed by atoms with Gasteiger partial charge in [-0.3, -0.25) is 4.79 Å². The van der Waals surface area contributed by atoms with E-state index in [0.717, 1.165) is 4.68 Å². The lowest BCUT2D eigenvalue weighted by atomic mass is 10.2. The second-order valence-electron chi connectivity index (χ2n) is 3.44. The van der Waals surface area contributed by atoms with Crippen LogP contribution in [0.15, 0.2) is 29.5 Å². The molecule has 1 atom stereocenters. The van der Waals surface area contributed by atoms with E-state index in [2.05, 4.69) is 5.10 Å². The first-order chi connectivity index (χ1) is 7.65. The number of carboxylic acid groups (broad SMARTS) is 1. The van der Waals surface area contributed by atoms with Crippen molar-refractivity contribution in [2.24, 2.45) is 0 Å². The van der Waals surface area contributed by atoms with Crippen LogP contribution in [0.3, 0.4) is 0 Å². The van der Waals surface area contributed by atoms with Crippen LogP contribution in [0.25, 0.3) is 5.52 Å². The Hall–Kier alpha value is -2.11. The van der Waals surface area contributed by atoms with Gasteiger partial charge in [0.25, 0.3) is 5.56 Å². The number of fused-ring (bicyclic) bond motifs is 1. The maximum Gasteiger partial charge on any atom is 0.328 e. The Bertz CT molecular complexity index is 584. The third-order valence-corrected chi connectivity index (χ3v) is 2.47. The molecule has 0 amide bonds. The van der Waals surface area contributed by atoms with Gasteiger partial charge < -0.3 is 9.51 Å². The lowest BCUT2D eigenvalue weighted by Crippen LogP contribution is -2.32. The standard InChI is InChI=1S/C10H11N3O3/c1-2-7(10(15)16)13-9(14)8-4-3-5-12(8)6-11-13/h3-7H,2H2,1H3,(H,15,16). The zero-order valence-corrected chi connectivity index (χ0v) is 8.70. The minimum absolute atomic E-state index is 0.319. The van der Waals surface area contributed by atoms with E-state index in [-0.39, 0.29) is 5.56 Å². The van der Waals surface area contributed by atoms with Crippen LogP contribution < -0.4 is 5.56 Å². The number of hydrogen-bond acceptors (Lipinski definition) is 3. The summed E-state index contributed by atoms with van der Waals surface area (Å²) in [5.74, 6) is -1.05. The number of aliphatic carboxylic acids is 1. The van der Waals surface area contributed by atoms with E-state index in [4.69, 9.17) is 5.11 Å². The minimum atomic E-state index is -1.05. The molecule has 0 saturated heterocycles. The Balaban J connectivity index is 2.64. The van der Waals surface area contributed by atoms with Crippen molar-refractivity contribution in [3.63, 3.8) is 0 Å². The lowest BCUT2D eigenvalue weighted by molar-refractivity contribution is -0.141. The number of carboxylic acids is 1. The van der Waals surface area contributed by atoms with Crippen molar-refractivity contribution in [1.82, 2.24) is 14.2 Å². The summed E-state index contributed by atoms with van der Waals surface area (Å²) in [7, 11) is 0. The molecule has 0 fully saturated rings. The largest absolute Gasteiger partial charge is 0.480 e.